The van der Waals surface area contributed by atoms with Crippen LogP contribution < -0.4 is 0 Å². The number of nitrogens with zero attached hydrogens (tertiary/aromatic N) is 1. The van der Waals surface area contributed by atoms with E-state index in [9.17, 15) is 0 Å². The van der Waals surface area contributed by atoms with E-state index in [1.807, 2.05) is 0 Å². The fourth-order valence-corrected chi connectivity index (χ4v) is 1.30. The van der Waals surface area contributed by atoms with Crippen molar-refractivity contribution in [1.29, 1.82) is 0 Å². The van der Waals surface area contributed by atoms with Gasteiger partial charge < -0.3 is 4.74 Å². The Morgan fingerprint density at radius 3 is 2.92 bits per heavy atom. The Balaban J connectivity index is 2.56. The first-order valence-corrected chi connectivity index (χ1v) is 4.70. The fourth-order valence-electron chi connectivity index (χ4n) is 1.06. The SMILES string of the molecule is [2H]C1([2H])COCC([2H])([2H])C1([2H])c1ccc(Br)cn1. The lowest BCUT2D eigenvalue weighted by Gasteiger charge is -2.21. The van der Waals surface area contributed by atoms with Crippen LogP contribution in [-0.4, -0.2) is 18.2 Å². The quantitative estimate of drug-likeness (QED) is 0.761. The van der Waals surface area contributed by atoms with Gasteiger partial charge in [-0.25, -0.2) is 0 Å². The molecule has 0 amide bonds. The highest BCUT2D eigenvalue weighted by Gasteiger charge is 2.16. The minimum atomic E-state index is -2.14. The zero-order valence-electron chi connectivity index (χ0n) is 11.9. The van der Waals surface area contributed by atoms with Crippen LogP contribution in [0.15, 0.2) is 22.8 Å². The number of ether oxygens (including phenoxy) is 1. The van der Waals surface area contributed by atoms with Gasteiger partial charge >= 0.3 is 0 Å². The zero-order chi connectivity index (χ0) is 13.6. The van der Waals surface area contributed by atoms with E-state index in [-0.39, 0.29) is 18.9 Å². The van der Waals surface area contributed by atoms with Gasteiger partial charge in [0.1, 0.15) is 0 Å². The molecular formula is C10H12BrNO. The summed E-state index contributed by atoms with van der Waals surface area (Å²) in [6, 6.07) is 3.10. The lowest BCUT2D eigenvalue weighted by Crippen LogP contribution is -2.14. The lowest BCUT2D eigenvalue weighted by molar-refractivity contribution is 0.0845. The third-order valence-corrected chi connectivity index (χ3v) is 2.15. The van der Waals surface area contributed by atoms with Crippen LogP contribution in [-0.2, 0) is 4.74 Å². The molecule has 1 fully saturated rings. The van der Waals surface area contributed by atoms with Crippen LogP contribution >= 0.6 is 15.9 Å². The predicted molar refractivity (Wildman–Crippen MR) is 54.7 cm³/mol. The molecule has 0 spiro atoms. The average Bonchev–Trinajstić information content (AvgIpc) is 2.26. The van der Waals surface area contributed by atoms with Crippen molar-refractivity contribution in [3.05, 3.63) is 28.5 Å². The number of aromatic nitrogens is 1. The molecule has 13 heavy (non-hydrogen) atoms. The Bertz CT molecular complexity index is 434. The molecule has 0 aliphatic carbocycles. The first-order chi connectivity index (χ1) is 8.21. The average molecular weight is 247 g/mol. The molecule has 0 N–H and O–H groups in total. The Labute approximate surface area is 93.5 Å². The van der Waals surface area contributed by atoms with Crippen LogP contribution in [0.3, 0.4) is 0 Å². The summed E-state index contributed by atoms with van der Waals surface area (Å²) in [5.74, 6) is -2.08. The highest BCUT2D eigenvalue weighted by atomic mass is 79.9. The molecule has 1 aliphatic heterocycles. The highest BCUT2D eigenvalue weighted by molar-refractivity contribution is 9.10. The predicted octanol–water partition coefficient (Wildman–Crippen LogP) is 2.74. The Morgan fingerprint density at radius 1 is 1.54 bits per heavy atom. The molecule has 3 heteroatoms. The molecule has 1 saturated heterocycles. The van der Waals surface area contributed by atoms with Crippen molar-refractivity contribution in [1.82, 2.24) is 4.98 Å². The van der Waals surface area contributed by atoms with Gasteiger partial charge in [-0.3, -0.25) is 4.98 Å². The second-order valence-electron chi connectivity index (χ2n) is 2.58. The maximum absolute atomic E-state index is 8.33. The van der Waals surface area contributed by atoms with Crippen LogP contribution in [0.1, 0.15) is 31.2 Å². The normalized spacial score (nSPS) is 34.7. The summed E-state index contributed by atoms with van der Waals surface area (Å²) in [6.45, 7) is -0.624. The highest BCUT2D eigenvalue weighted by Crippen LogP contribution is 2.25. The van der Waals surface area contributed by atoms with E-state index in [1.165, 1.54) is 12.3 Å². The van der Waals surface area contributed by atoms with Crippen LogP contribution in [0.25, 0.3) is 0 Å². The zero-order valence-corrected chi connectivity index (χ0v) is 8.47. The minimum absolute atomic E-state index is 0.0731. The van der Waals surface area contributed by atoms with Gasteiger partial charge in [0.15, 0.2) is 0 Å². The van der Waals surface area contributed by atoms with Crippen molar-refractivity contribution < 1.29 is 11.6 Å². The Hall–Kier alpha value is -0.410. The van der Waals surface area contributed by atoms with Gasteiger partial charge in [-0.2, -0.15) is 0 Å². The molecular weight excluding hydrogens is 230 g/mol. The Morgan fingerprint density at radius 2 is 2.31 bits per heavy atom. The van der Waals surface area contributed by atoms with E-state index in [1.54, 1.807) is 6.07 Å². The number of halogens is 1. The topological polar surface area (TPSA) is 22.1 Å². The van der Waals surface area contributed by atoms with Crippen molar-refractivity contribution in [3.63, 3.8) is 0 Å². The number of rotatable bonds is 1. The van der Waals surface area contributed by atoms with Gasteiger partial charge in [0.25, 0.3) is 0 Å². The van der Waals surface area contributed by atoms with Crippen molar-refractivity contribution in [2.75, 3.05) is 13.2 Å². The number of hydrogen-bond acceptors (Lipinski definition) is 2. The van der Waals surface area contributed by atoms with E-state index in [2.05, 4.69) is 20.9 Å². The second kappa shape index (κ2) is 4.20. The van der Waals surface area contributed by atoms with E-state index < -0.39 is 18.6 Å². The second-order valence-corrected chi connectivity index (χ2v) is 3.50. The van der Waals surface area contributed by atoms with Crippen LogP contribution in [0.2, 0.25) is 0 Å². The summed E-state index contributed by atoms with van der Waals surface area (Å²) < 4.78 is 45.5. The van der Waals surface area contributed by atoms with E-state index in [4.69, 9.17) is 11.6 Å². The van der Waals surface area contributed by atoms with Gasteiger partial charge in [0.2, 0.25) is 0 Å². The summed E-state index contributed by atoms with van der Waals surface area (Å²) in [5.41, 5.74) is 0.0731. The molecule has 2 rings (SSSR count). The third-order valence-electron chi connectivity index (χ3n) is 1.69. The Kier molecular flexibility index (Phi) is 1.58. The summed E-state index contributed by atoms with van der Waals surface area (Å²) in [7, 11) is 0. The van der Waals surface area contributed by atoms with Gasteiger partial charge in [-0.15, -0.1) is 0 Å². The van der Waals surface area contributed by atoms with Crippen molar-refractivity contribution >= 4 is 15.9 Å². The molecule has 1 aromatic rings. The maximum atomic E-state index is 8.33. The van der Waals surface area contributed by atoms with Crippen LogP contribution in [0.4, 0.5) is 0 Å². The minimum Gasteiger partial charge on any atom is -0.381 e. The van der Waals surface area contributed by atoms with E-state index >= 15 is 0 Å². The first kappa shape index (κ1) is 4.89. The fraction of sp³-hybridized carbons (Fsp3) is 0.500. The molecule has 0 atom stereocenters. The van der Waals surface area contributed by atoms with Crippen LogP contribution in [0, 0.1) is 0 Å². The first-order valence-electron chi connectivity index (χ1n) is 6.40. The molecule has 1 aromatic heterocycles. The molecule has 0 aromatic carbocycles. The molecule has 2 heterocycles. The van der Waals surface area contributed by atoms with Gasteiger partial charge in [-0.05, 0) is 40.8 Å². The van der Waals surface area contributed by atoms with E-state index in [0.717, 1.165) is 0 Å². The van der Waals surface area contributed by atoms with Gasteiger partial charge in [-0.1, -0.05) is 0 Å². The van der Waals surface area contributed by atoms with Gasteiger partial charge in [0.05, 0.1) is 0 Å². The van der Waals surface area contributed by atoms with Crippen molar-refractivity contribution in [2.45, 2.75) is 18.6 Å². The molecule has 0 saturated carbocycles. The monoisotopic (exact) mass is 246 g/mol. The largest absolute Gasteiger partial charge is 0.381 e. The number of hydrogen-bond donors (Lipinski definition) is 0. The van der Waals surface area contributed by atoms with Crippen LogP contribution in [0.5, 0.6) is 0 Å². The number of pyridine rings is 1. The van der Waals surface area contributed by atoms with Crippen molar-refractivity contribution in [2.24, 2.45) is 0 Å². The standard InChI is InChI=1S/C10H12BrNO/c11-9-1-2-10(12-7-9)8-3-5-13-6-4-8/h1-2,7-8H,3-6H2/i3D2,4D2,8D. The molecule has 0 unspecified atom stereocenters. The van der Waals surface area contributed by atoms with Gasteiger partial charge in [0, 0.05) is 42.3 Å². The lowest BCUT2D eigenvalue weighted by atomic mass is 9.96. The smallest absolute Gasteiger partial charge is 0.0472 e. The molecule has 2 nitrogen and oxygen atoms in total. The summed E-state index contributed by atoms with van der Waals surface area (Å²) >= 11 is 3.21. The maximum Gasteiger partial charge on any atom is 0.0472 e. The molecule has 0 radical (unpaired) electrons. The van der Waals surface area contributed by atoms with E-state index in [0.29, 0.717) is 4.47 Å². The summed E-state index contributed by atoms with van der Waals surface area (Å²) in [4.78, 5) is 4.00. The van der Waals surface area contributed by atoms with Crippen molar-refractivity contribution in [3.8, 4) is 0 Å². The molecule has 1 aliphatic rings. The third kappa shape index (κ3) is 2.29. The molecule has 70 valence electrons. The summed E-state index contributed by atoms with van der Waals surface area (Å²) in [6.07, 6.45) is -2.85. The molecule has 0 bridgehead atoms. The summed E-state index contributed by atoms with van der Waals surface area (Å²) in [5, 5.41) is 0.